The summed E-state index contributed by atoms with van der Waals surface area (Å²) in [4.78, 5) is 12.0. The molecular weight excluding hydrogens is 368 g/mol. The minimum Gasteiger partial charge on any atom is -0.507 e. The van der Waals surface area contributed by atoms with Crippen molar-refractivity contribution < 1.29 is 14.6 Å². The second-order valence-electron chi connectivity index (χ2n) is 5.64. The number of halogens is 1. The molecule has 138 valence electrons. The fourth-order valence-corrected chi connectivity index (χ4v) is 2.65. The highest BCUT2D eigenvalue weighted by atomic mass is 35.5. The number of benzene rings is 2. The highest BCUT2D eigenvalue weighted by molar-refractivity contribution is 6.30. The largest absolute Gasteiger partial charge is 0.507 e. The molecule has 0 bridgehead atoms. The molecule has 3 rings (SSSR count). The van der Waals surface area contributed by atoms with Crippen LogP contribution in [-0.4, -0.2) is 34.1 Å². The lowest BCUT2D eigenvalue weighted by Gasteiger charge is -2.09. The fourth-order valence-electron chi connectivity index (χ4n) is 2.49. The highest BCUT2D eigenvalue weighted by Gasteiger charge is 2.09. The molecule has 0 atom stereocenters. The number of rotatable bonds is 6. The fraction of sp³-hybridized carbons (Fsp3) is 0.105. The monoisotopic (exact) mass is 384 g/mol. The maximum atomic E-state index is 12.0. The molecular formula is C19H17ClN4O3. The number of carbonyl (C=O) groups excluding carboxylic acids is 1. The molecule has 0 aliphatic rings. The summed E-state index contributed by atoms with van der Waals surface area (Å²) >= 11 is 5.90. The van der Waals surface area contributed by atoms with Crippen LogP contribution in [0.1, 0.15) is 21.5 Å². The first-order valence-electron chi connectivity index (χ1n) is 8.03. The first-order valence-corrected chi connectivity index (χ1v) is 8.41. The lowest BCUT2D eigenvalue weighted by atomic mass is 10.1. The Morgan fingerprint density at radius 1 is 1.37 bits per heavy atom. The number of aromatic hydroxyl groups is 1. The molecule has 0 unspecified atom stereocenters. The van der Waals surface area contributed by atoms with Crippen LogP contribution in [0.25, 0.3) is 0 Å². The Bertz CT molecular complexity index is 985. The van der Waals surface area contributed by atoms with Crippen molar-refractivity contribution in [2.24, 2.45) is 5.10 Å². The molecule has 2 aromatic carbocycles. The van der Waals surface area contributed by atoms with E-state index in [1.54, 1.807) is 36.3 Å². The standard InChI is InChI=1S/C19H17ClN4O3/c1-27-18-7-6-13(8-14(18)11-24-12-15(20)10-22-24)9-21-23-19(26)16-4-2-3-5-17(16)25/h2-10,12,25H,11H2,1H3,(H,23,26)/b21-9+. The second-order valence-corrected chi connectivity index (χ2v) is 6.08. The van der Waals surface area contributed by atoms with Crippen molar-refractivity contribution in [2.75, 3.05) is 7.11 Å². The van der Waals surface area contributed by atoms with Crippen molar-refractivity contribution in [1.29, 1.82) is 0 Å². The summed E-state index contributed by atoms with van der Waals surface area (Å²) in [5.74, 6) is 0.108. The topological polar surface area (TPSA) is 88.7 Å². The number of hydrogen-bond donors (Lipinski definition) is 2. The van der Waals surface area contributed by atoms with Gasteiger partial charge in [-0.25, -0.2) is 5.43 Å². The van der Waals surface area contributed by atoms with Crippen molar-refractivity contribution in [1.82, 2.24) is 15.2 Å². The van der Waals surface area contributed by atoms with Crippen LogP contribution >= 0.6 is 11.6 Å². The van der Waals surface area contributed by atoms with Gasteiger partial charge in [0.1, 0.15) is 11.5 Å². The molecule has 0 aliphatic carbocycles. The van der Waals surface area contributed by atoms with Crippen molar-refractivity contribution >= 4 is 23.7 Å². The summed E-state index contributed by atoms with van der Waals surface area (Å²) in [6.45, 7) is 0.474. The average Bonchev–Trinajstić information content (AvgIpc) is 3.07. The number of hydrogen-bond acceptors (Lipinski definition) is 5. The molecule has 0 fully saturated rings. The van der Waals surface area contributed by atoms with Gasteiger partial charge in [0.05, 0.1) is 36.7 Å². The van der Waals surface area contributed by atoms with Gasteiger partial charge < -0.3 is 9.84 Å². The zero-order valence-electron chi connectivity index (χ0n) is 14.5. The van der Waals surface area contributed by atoms with E-state index >= 15 is 0 Å². The van der Waals surface area contributed by atoms with Gasteiger partial charge >= 0.3 is 0 Å². The van der Waals surface area contributed by atoms with Crippen LogP contribution in [0.4, 0.5) is 0 Å². The van der Waals surface area contributed by atoms with Gasteiger partial charge in [0.15, 0.2) is 0 Å². The first kappa shape index (κ1) is 18.5. The van der Waals surface area contributed by atoms with Crippen LogP contribution < -0.4 is 10.2 Å². The number of amides is 1. The molecule has 3 aromatic rings. The van der Waals surface area contributed by atoms with Gasteiger partial charge in [-0.1, -0.05) is 23.7 Å². The number of carbonyl (C=O) groups is 1. The molecule has 0 spiro atoms. The maximum Gasteiger partial charge on any atom is 0.275 e. The van der Waals surface area contributed by atoms with E-state index in [1.165, 1.54) is 18.3 Å². The van der Waals surface area contributed by atoms with E-state index in [4.69, 9.17) is 16.3 Å². The zero-order chi connectivity index (χ0) is 19.2. The van der Waals surface area contributed by atoms with Crippen molar-refractivity contribution in [3.63, 3.8) is 0 Å². The Labute approximate surface area is 160 Å². The van der Waals surface area contributed by atoms with Crippen LogP contribution in [-0.2, 0) is 6.54 Å². The third-order valence-electron chi connectivity index (χ3n) is 3.77. The molecule has 1 amide bonds. The smallest absolute Gasteiger partial charge is 0.275 e. The first-order chi connectivity index (χ1) is 13.1. The number of phenols is 1. The number of methoxy groups -OCH3 is 1. The van der Waals surface area contributed by atoms with Crippen LogP contribution in [0.3, 0.4) is 0 Å². The minimum absolute atomic E-state index is 0.102. The van der Waals surface area contributed by atoms with E-state index < -0.39 is 5.91 Å². The Balaban J connectivity index is 1.73. The Morgan fingerprint density at radius 2 is 2.19 bits per heavy atom. The van der Waals surface area contributed by atoms with Gasteiger partial charge in [-0.2, -0.15) is 10.2 Å². The third kappa shape index (κ3) is 4.65. The SMILES string of the molecule is COc1ccc(/C=N/NC(=O)c2ccccc2O)cc1Cn1cc(Cl)cn1. The van der Waals surface area contributed by atoms with Crippen molar-refractivity contribution in [3.8, 4) is 11.5 Å². The number of phenolic OH excluding ortho intramolecular Hbond substituents is 1. The minimum atomic E-state index is -0.496. The quantitative estimate of drug-likeness (QED) is 0.505. The Kier molecular flexibility index (Phi) is 5.73. The molecule has 0 saturated heterocycles. The molecule has 2 N–H and O–H groups in total. The molecule has 0 saturated carbocycles. The number of nitrogens with one attached hydrogen (secondary N) is 1. The van der Waals surface area contributed by atoms with Gasteiger partial charge in [-0.15, -0.1) is 0 Å². The Morgan fingerprint density at radius 3 is 2.89 bits per heavy atom. The van der Waals surface area contributed by atoms with Crippen LogP contribution in [0, 0.1) is 0 Å². The van der Waals surface area contributed by atoms with Gasteiger partial charge in [0.2, 0.25) is 0 Å². The van der Waals surface area contributed by atoms with Crippen LogP contribution in [0.15, 0.2) is 60.0 Å². The predicted octanol–water partition coefficient (Wildman–Crippen LogP) is 3.06. The second kappa shape index (κ2) is 8.37. The average molecular weight is 385 g/mol. The summed E-state index contributed by atoms with van der Waals surface area (Å²) in [7, 11) is 1.59. The van der Waals surface area contributed by atoms with Crippen LogP contribution in [0.5, 0.6) is 11.5 Å². The summed E-state index contributed by atoms with van der Waals surface area (Å²) in [5.41, 5.74) is 4.20. The summed E-state index contributed by atoms with van der Waals surface area (Å²) in [6.07, 6.45) is 4.79. The van der Waals surface area contributed by atoms with Gasteiger partial charge in [-0.05, 0) is 35.9 Å². The highest BCUT2D eigenvalue weighted by Crippen LogP contribution is 2.21. The van der Waals surface area contributed by atoms with E-state index in [0.29, 0.717) is 17.3 Å². The summed E-state index contributed by atoms with van der Waals surface area (Å²) in [5, 5.41) is 18.3. The third-order valence-corrected chi connectivity index (χ3v) is 3.96. The van der Waals surface area contributed by atoms with Crippen LogP contribution in [0.2, 0.25) is 5.02 Å². The molecule has 0 radical (unpaired) electrons. The van der Waals surface area contributed by atoms with E-state index in [2.05, 4.69) is 15.6 Å². The molecule has 7 nitrogen and oxygen atoms in total. The van der Waals surface area contributed by atoms with E-state index in [9.17, 15) is 9.90 Å². The van der Waals surface area contributed by atoms with Gasteiger partial charge in [0.25, 0.3) is 5.91 Å². The van der Waals surface area contributed by atoms with Gasteiger partial charge in [0, 0.05) is 11.8 Å². The zero-order valence-corrected chi connectivity index (χ0v) is 15.2. The molecule has 1 heterocycles. The lowest BCUT2D eigenvalue weighted by Crippen LogP contribution is -2.17. The normalized spacial score (nSPS) is 10.9. The number of aromatic nitrogens is 2. The van der Waals surface area contributed by atoms with E-state index in [-0.39, 0.29) is 11.3 Å². The maximum absolute atomic E-state index is 12.0. The molecule has 0 aliphatic heterocycles. The van der Waals surface area contributed by atoms with E-state index in [1.807, 2.05) is 18.2 Å². The predicted molar refractivity (Wildman–Crippen MR) is 102 cm³/mol. The molecule has 27 heavy (non-hydrogen) atoms. The Hall–Kier alpha value is -3.32. The molecule has 1 aromatic heterocycles. The number of ether oxygens (including phenoxy) is 1. The van der Waals surface area contributed by atoms with Gasteiger partial charge in [-0.3, -0.25) is 9.48 Å². The summed E-state index contributed by atoms with van der Waals surface area (Å²) in [6, 6.07) is 11.8. The van der Waals surface area contributed by atoms with Crippen molar-refractivity contribution in [3.05, 3.63) is 76.6 Å². The molecule has 8 heteroatoms. The summed E-state index contributed by atoms with van der Waals surface area (Å²) < 4.78 is 7.07. The lowest BCUT2D eigenvalue weighted by molar-refractivity contribution is 0.0952. The van der Waals surface area contributed by atoms with Crippen molar-refractivity contribution in [2.45, 2.75) is 6.54 Å². The number of hydrazone groups is 1. The number of nitrogens with zero attached hydrogens (tertiary/aromatic N) is 3. The number of para-hydroxylation sites is 1. The van der Waals surface area contributed by atoms with E-state index in [0.717, 1.165) is 11.1 Å².